The molecule has 1 aromatic heterocycles. The van der Waals surface area contributed by atoms with Crippen LogP contribution in [0.25, 0.3) is 0 Å². The zero-order valence-electron chi connectivity index (χ0n) is 19.0. The van der Waals surface area contributed by atoms with Gasteiger partial charge in [-0.05, 0) is 45.2 Å². The molecule has 0 aliphatic carbocycles. The minimum Gasteiger partial charge on any atom is -0.461 e. The number of ketones is 1. The van der Waals surface area contributed by atoms with E-state index in [0.29, 0.717) is 28.9 Å². The molecule has 0 bridgehead atoms. The van der Waals surface area contributed by atoms with E-state index in [9.17, 15) is 14.4 Å². The molecule has 1 heterocycles. The van der Waals surface area contributed by atoms with E-state index in [-0.39, 0.29) is 24.2 Å². The van der Waals surface area contributed by atoms with Crippen molar-refractivity contribution < 1.29 is 19.1 Å². The first-order valence-electron chi connectivity index (χ1n) is 10.4. The molecule has 0 fully saturated rings. The van der Waals surface area contributed by atoms with E-state index in [0.717, 1.165) is 5.56 Å². The Kier molecular flexibility index (Phi) is 7.59. The number of benzene rings is 1. The Bertz CT molecular complexity index is 930. The van der Waals surface area contributed by atoms with Crippen molar-refractivity contribution in [2.75, 3.05) is 13.7 Å². The molecular formula is C24H32N2O4. The lowest BCUT2D eigenvalue weighted by Gasteiger charge is -2.28. The zero-order chi connectivity index (χ0) is 22.6. The van der Waals surface area contributed by atoms with Gasteiger partial charge in [0.25, 0.3) is 0 Å². The van der Waals surface area contributed by atoms with Crippen molar-refractivity contribution in [3.63, 3.8) is 0 Å². The number of rotatable bonds is 8. The Morgan fingerprint density at radius 1 is 1.10 bits per heavy atom. The van der Waals surface area contributed by atoms with Crippen LogP contribution in [-0.4, -0.2) is 46.8 Å². The first-order valence-corrected chi connectivity index (χ1v) is 10.4. The molecule has 6 nitrogen and oxygen atoms in total. The van der Waals surface area contributed by atoms with Gasteiger partial charge in [-0.15, -0.1) is 0 Å². The van der Waals surface area contributed by atoms with Crippen LogP contribution >= 0.6 is 0 Å². The third-order valence-corrected chi connectivity index (χ3v) is 5.86. The highest BCUT2D eigenvalue weighted by Gasteiger charge is 2.33. The van der Waals surface area contributed by atoms with Gasteiger partial charge in [0, 0.05) is 25.4 Å². The van der Waals surface area contributed by atoms with Crippen LogP contribution in [0.15, 0.2) is 30.3 Å². The lowest BCUT2D eigenvalue weighted by Crippen LogP contribution is -2.43. The highest BCUT2D eigenvalue weighted by atomic mass is 16.5. The van der Waals surface area contributed by atoms with Gasteiger partial charge in [-0.3, -0.25) is 9.59 Å². The number of aromatic nitrogens is 1. The summed E-state index contributed by atoms with van der Waals surface area (Å²) in [5.41, 5.74) is 3.05. The normalized spacial score (nSPS) is 12.9. The maximum absolute atomic E-state index is 13.4. The smallest absolute Gasteiger partial charge is 0.355 e. The Balaban J connectivity index is 2.34. The van der Waals surface area contributed by atoms with E-state index in [2.05, 4.69) is 0 Å². The molecule has 0 spiro atoms. The number of hydrogen-bond acceptors (Lipinski definition) is 4. The highest BCUT2D eigenvalue weighted by Crippen LogP contribution is 2.26. The van der Waals surface area contributed by atoms with Crippen molar-refractivity contribution in [1.82, 2.24) is 9.47 Å². The molecule has 2 atom stereocenters. The number of amides is 1. The van der Waals surface area contributed by atoms with Crippen molar-refractivity contribution in [1.29, 1.82) is 0 Å². The maximum Gasteiger partial charge on any atom is 0.355 e. The molecule has 0 radical (unpaired) electrons. The van der Waals surface area contributed by atoms with Gasteiger partial charge in [-0.2, -0.15) is 0 Å². The van der Waals surface area contributed by atoms with Gasteiger partial charge in [0.2, 0.25) is 5.91 Å². The van der Waals surface area contributed by atoms with Crippen molar-refractivity contribution in [3.05, 3.63) is 58.4 Å². The van der Waals surface area contributed by atoms with Crippen molar-refractivity contribution in [2.45, 2.75) is 53.0 Å². The summed E-state index contributed by atoms with van der Waals surface area (Å²) in [6.07, 6.45) is 0.643. The van der Waals surface area contributed by atoms with E-state index < -0.39 is 12.0 Å². The van der Waals surface area contributed by atoms with Crippen LogP contribution in [-0.2, 0) is 16.6 Å². The van der Waals surface area contributed by atoms with Crippen LogP contribution in [0.4, 0.5) is 0 Å². The number of carbonyl (C=O) groups excluding carboxylic acids is 3. The number of Topliss-reactive ketones (excluding diaryl/α,β-unsaturated/α-hetero) is 1. The minimum atomic E-state index is -0.662. The van der Waals surface area contributed by atoms with Crippen molar-refractivity contribution in [3.8, 4) is 0 Å². The van der Waals surface area contributed by atoms with Gasteiger partial charge in [0.1, 0.15) is 5.69 Å². The quantitative estimate of drug-likeness (QED) is 0.485. The highest BCUT2D eigenvalue weighted by molar-refractivity contribution is 6.06. The van der Waals surface area contributed by atoms with Crippen LogP contribution in [0.5, 0.6) is 0 Å². The number of carbonyl (C=O) groups is 3. The number of nitrogens with zero attached hydrogens (tertiary/aromatic N) is 2. The second-order valence-electron chi connectivity index (χ2n) is 7.57. The molecule has 6 heteroatoms. The number of ether oxygens (including phenoxy) is 1. The van der Waals surface area contributed by atoms with Gasteiger partial charge in [-0.1, -0.05) is 37.3 Å². The Morgan fingerprint density at radius 3 is 2.23 bits per heavy atom. The molecule has 2 rings (SSSR count). The average molecular weight is 413 g/mol. The van der Waals surface area contributed by atoms with Crippen molar-refractivity contribution >= 4 is 17.7 Å². The lowest BCUT2D eigenvalue weighted by molar-refractivity contribution is -0.132. The van der Waals surface area contributed by atoms with Gasteiger partial charge < -0.3 is 14.2 Å². The molecule has 2 aromatic rings. The first-order chi connectivity index (χ1) is 14.2. The van der Waals surface area contributed by atoms with E-state index in [1.54, 1.807) is 46.4 Å². The Morgan fingerprint density at radius 2 is 1.70 bits per heavy atom. The molecule has 162 valence electrons. The summed E-state index contributed by atoms with van der Waals surface area (Å²) in [5.74, 6) is -1.04. The van der Waals surface area contributed by atoms with Crippen molar-refractivity contribution in [2.24, 2.45) is 7.05 Å². The Hall–Kier alpha value is -2.89. The van der Waals surface area contributed by atoms with Crippen LogP contribution in [0.2, 0.25) is 0 Å². The Labute approximate surface area is 178 Å². The first kappa shape index (κ1) is 23.4. The van der Waals surface area contributed by atoms with Crippen LogP contribution in [0.1, 0.15) is 70.8 Å². The van der Waals surface area contributed by atoms with Gasteiger partial charge in [-0.25, -0.2) is 4.79 Å². The second-order valence-corrected chi connectivity index (χ2v) is 7.57. The van der Waals surface area contributed by atoms with Gasteiger partial charge >= 0.3 is 5.97 Å². The molecule has 0 saturated heterocycles. The molecule has 0 aliphatic heterocycles. The third kappa shape index (κ3) is 4.32. The molecule has 0 aliphatic rings. The van der Waals surface area contributed by atoms with Crippen LogP contribution < -0.4 is 0 Å². The maximum atomic E-state index is 13.4. The predicted molar refractivity (Wildman–Crippen MR) is 117 cm³/mol. The summed E-state index contributed by atoms with van der Waals surface area (Å²) < 4.78 is 6.83. The number of hydrogen-bond donors (Lipinski definition) is 0. The van der Waals surface area contributed by atoms with Gasteiger partial charge in [0.05, 0.1) is 18.6 Å². The average Bonchev–Trinajstić information content (AvgIpc) is 2.96. The fourth-order valence-corrected chi connectivity index (χ4v) is 3.89. The van der Waals surface area contributed by atoms with Gasteiger partial charge in [0.15, 0.2) is 5.78 Å². The van der Waals surface area contributed by atoms with Crippen LogP contribution in [0.3, 0.4) is 0 Å². The summed E-state index contributed by atoms with van der Waals surface area (Å²) in [5, 5.41) is 0. The second kappa shape index (κ2) is 9.74. The minimum absolute atomic E-state index is 0.0959. The summed E-state index contributed by atoms with van der Waals surface area (Å²) in [6, 6.07) is 8.94. The largest absolute Gasteiger partial charge is 0.461 e. The molecular weight excluding hydrogens is 380 g/mol. The number of likely N-dealkylation sites (N-methyl/N-ethyl adjacent to an activating group) is 1. The SMILES string of the molecule is CCOC(=O)c1c(C)c(C(=O)[C@H](C)N(C)C(=O)[C@H](CC)c2ccccc2)c(C)n1C. The van der Waals surface area contributed by atoms with E-state index >= 15 is 0 Å². The third-order valence-electron chi connectivity index (χ3n) is 5.86. The molecule has 1 amide bonds. The summed E-state index contributed by atoms with van der Waals surface area (Å²) in [6.45, 7) is 9.25. The molecule has 1 aromatic carbocycles. The molecule has 0 N–H and O–H groups in total. The predicted octanol–water partition coefficient (Wildman–Crippen LogP) is 4.04. The fraction of sp³-hybridized carbons (Fsp3) is 0.458. The fourth-order valence-electron chi connectivity index (χ4n) is 3.89. The summed E-state index contributed by atoms with van der Waals surface area (Å²) >= 11 is 0. The summed E-state index contributed by atoms with van der Waals surface area (Å²) in [4.78, 5) is 40.4. The van der Waals surface area contributed by atoms with E-state index in [4.69, 9.17) is 4.74 Å². The van der Waals surface area contributed by atoms with Crippen LogP contribution in [0, 0.1) is 13.8 Å². The molecule has 30 heavy (non-hydrogen) atoms. The number of esters is 1. The molecule has 0 unspecified atom stereocenters. The summed E-state index contributed by atoms with van der Waals surface area (Å²) in [7, 11) is 3.41. The molecule has 0 saturated carbocycles. The zero-order valence-corrected chi connectivity index (χ0v) is 19.0. The van der Waals surface area contributed by atoms with E-state index in [1.165, 1.54) is 4.90 Å². The standard InChI is InChI=1S/C24H32N2O4/c1-8-19(18-13-11-10-12-14-18)23(28)26(7)17(5)22(27)20-15(3)21(24(29)30-9-2)25(6)16(20)4/h10-14,17,19H,8-9H2,1-7H3/t17-,19+/m0/s1. The van der Waals surface area contributed by atoms with E-state index in [1.807, 2.05) is 37.3 Å². The monoisotopic (exact) mass is 412 g/mol. The topological polar surface area (TPSA) is 68.6 Å². The lowest BCUT2D eigenvalue weighted by atomic mass is 9.93.